The van der Waals surface area contributed by atoms with E-state index in [0.29, 0.717) is 5.01 Å². The van der Waals surface area contributed by atoms with E-state index in [-0.39, 0.29) is 4.88 Å². The highest BCUT2D eigenvalue weighted by molar-refractivity contribution is 7.15. The molecule has 0 saturated carbocycles. The summed E-state index contributed by atoms with van der Waals surface area (Å²) in [5.74, 6) is -1.03. The van der Waals surface area contributed by atoms with Crippen molar-refractivity contribution in [2.45, 2.75) is 0 Å². The Morgan fingerprint density at radius 1 is 1.82 bits per heavy atom. The zero-order valence-corrected chi connectivity index (χ0v) is 6.08. The van der Waals surface area contributed by atoms with Crippen LogP contribution in [0.3, 0.4) is 0 Å². The van der Waals surface area contributed by atoms with Crippen LogP contribution in [-0.4, -0.2) is 27.5 Å². The lowest BCUT2D eigenvalue weighted by Crippen LogP contribution is -1.89. The van der Waals surface area contributed by atoms with Gasteiger partial charge in [0.25, 0.3) is 0 Å². The van der Waals surface area contributed by atoms with Crippen molar-refractivity contribution in [3.8, 4) is 0 Å². The molecule has 0 fully saturated rings. The molecule has 5 nitrogen and oxygen atoms in total. The highest BCUT2D eigenvalue weighted by atomic mass is 32.1. The number of rotatable bonds is 2. The Labute approximate surface area is 65.6 Å². The van der Waals surface area contributed by atoms with Crippen LogP contribution in [0.2, 0.25) is 0 Å². The summed E-state index contributed by atoms with van der Waals surface area (Å²) in [7, 11) is 0. The van der Waals surface area contributed by atoms with Crippen LogP contribution in [0.25, 0.3) is 0 Å². The van der Waals surface area contributed by atoms with Crippen molar-refractivity contribution >= 4 is 23.5 Å². The van der Waals surface area contributed by atoms with Gasteiger partial charge < -0.3 is 10.3 Å². The minimum Gasteiger partial charge on any atom is -0.477 e. The third kappa shape index (κ3) is 1.74. The second kappa shape index (κ2) is 3.11. The number of thiazole rings is 1. The Hall–Kier alpha value is -1.43. The van der Waals surface area contributed by atoms with Crippen molar-refractivity contribution < 1.29 is 15.1 Å². The fourth-order valence-electron chi connectivity index (χ4n) is 0.496. The van der Waals surface area contributed by atoms with E-state index in [2.05, 4.69) is 10.1 Å². The average molecular weight is 172 g/mol. The number of carbonyl (C=O) groups is 1. The molecule has 0 amide bonds. The quantitative estimate of drug-likeness (QED) is 0.389. The molecule has 0 aromatic carbocycles. The molecule has 0 aliphatic heterocycles. The molecule has 1 heterocycles. The Kier molecular flexibility index (Phi) is 2.17. The minimum atomic E-state index is -1.03. The van der Waals surface area contributed by atoms with Crippen molar-refractivity contribution in [2.24, 2.45) is 5.16 Å². The first-order chi connectivity index (χ1) is 5.24. The number of carboxylic acid groups (broad SMARTS) is 1. The number of aromatic carboxylic acids is 1. The van der Waals surface area contributed by atoms with Crippen LogP contribution in [0.1, 0.15) is 14.7 Å². The molecule has 0 unspecified atom stereocenters. The topological polar surface area (TPSA) is 82.8 Å². The van der Waals surface area contributed by atoms with Crippen LogP contribution in [0.4, 0.5) is 0 Å². The lowest BCUT2D eigenvalue weighted by atomic mass is 10.6. The molecule has 0 spiro atoms. The van der Waals surface area contributed by atoms with E-state index in [9.17, 15) is 4.79 Å². The first kappa shape index (κ1) is 7.67. The van der Waals surface area contributed by atoms with Gasteiger partial charge in [-0.3, -0.25) is 0 Å². The molecule has 0 aliphatic rings. The van der Waals surface area contributed by atoms with Gasteiger partial charge in [-0.15, -0.1) is 11.3 Å². The second-order valence-electron chi connectivity index (χ2n) is 1.61. The average Bonchev–Trinajstić information content (AvgIpc) is 2.37. The van der Waals surface area contributed by atoms with Crippen molar-refractivity contribution in [1.29, 1.82) is 0 Å². The molecule has 0 aliphatic carbocycles. The Bertz CT molecular complexity index is 294. The Balaban J connectivity index is 2.90. The lowest BCUT2D eigenvalue weighted by Gasteiger charge is -1.79. The highest BCUT2D eigenvalue weighted by Gasteiger charge is 2.06. The van der Waals surface area contributed by atoms with Crippen LogP contribution < -0.4 is 0 Å². The molecular formula is C5H4N2O3S. The van der Waals surface area contributed by atoms with E-state index < -0.39 is 5.97 Å². The predicted octanol–water partition coefficient (Wildman–Crippen LogP) is 0.649. The molecule has 0 bridgehead atoms. The highest BCUT2D eigenvalue weighted by Crippen LogP contribution is 2.10. The summed E-state index contributed by atoms with van der Waals surface area (Å²) in [5, 5.41) is 19.6. The summed E-state index contributed by atoms with van der Waals surface area (Å²) >= 11 is 0.946. The maximum Gasteiger partial charge on any atom is 0.347 e. The number of hydrogen-bond donors (Lipinski definition) is 2. The van der Waals surface area contributed by atoms with Gasteiger partial charge in [-0.05, 0) is 0 Å². The number of oxime groups is 1. The van der Waals surface area contributed by atoms with Gasteiger partial charge in [0.2, 0.25) is 0 Å². The van der Waals surface area contributed by atoms with Crippen molar-refractivity contribution in [3.63, 3.8) is 0 Å². The van der Waals surface area contributed by atoms with Gasteiger partial charge in [0.1, 0.15) is 16.1 Å². The summed E-state index contributed by atoms with van der Waals surface area (Å²) in [4.78, 5) is 14.1. The van der Waals surface area contributed by atoms with Gasteiger partial charge in [0, 0.05) is 0 Å². The summed E-state index contributed by atoms with van der Waals surface area (Å²) in [6.45, 7) is 0. The number of hydrogen-bond acceptors (Lipinski definition) is 5. The van der Waals surface area contributed by atoms with Gasteiger partial charge in [0.15, 0.2) is 0 Å². The molecule has 1 rings (SSSR count). The van der Waals surface area contributed by atoms with E-state index in [1.54, 1.807) is 0 Å². The molecule has 0 radical (unpaired) electrons. The van der Waals surface area contributed by atoms with Gasteiger partial charge >= 0.3 is 5.97 Å². The maximum absolute atomic E-state index is 10.3. The Morgan fingerprint density at radius 3 is 3.00 bits per heavy atom. The smallest absolute Gasteiger partial charge is 0.347 e. The van der Waals surface area contributed by atoms with Gasteiger partial charge in [0.05, 0.1) is 6.20 Å². The van der Waals surface area contributed by atoms with Gasteiger partial charge in [-0.1, -0.05) is 5.16 Å². The van der Waals surface area contributed by atoms with Crippen LogP contribution in [0, 0.1) is 0 Å². The van der Waals surface area contributed by atoms with Crippen LogP contribution in [0.5, 0.6) is 0 Å². The molecule has 6 heteroatoms. The normalized spacial score (nSPS) is 10.5. The molecule has 1 aromatic rings. The number of nitrogens with zero attached hydrogens (tertiary/aromatic N) is 2. The van der Waals surface area contributed by atoms with Crippen LogP contribution >= 0.6 is 11.3 Å². The van der Waals surface area contributed by atoms with Crippen molar-refractivity contribution in [2.75, 3.05) is 0 Å². The third-order valence-electron chi connectivity index (χ3n) is 0.903. The van der Waals surface area contributed by atoms with Gasteiger partial charge in [-0.25, -0.2) is 9.78 Å². The zero-order valence-electron chi connectivity index (χ0n) is 5.26. The van der Waals surface area contributed by atoms with E-state index >= 15 is 0 Å². The van der Waals surface area contributed by atoms with Gasteiger partial charge in [-0.2, -0.15) is 0 Å². The molecule has 2 N–H and O–H groups in total. The molecule has 0 saturated heterocycles. The van der Waals surface area contributed by atoms with E-state index in [0.717, 1.165) is 17.6 Å². The number of carboxylic acids is 1. The SMILES string of the molecule is O=C(O)c1cnc(C=NO)s1. The first-order valence-electron chi connectivity index (χ1n) is 2.60. The van der Waals surface area contributed by atoms with Crippen LogP contribution in [0.15, 0.2) is 11.4 Å². The number of aromatic nitrogens is 1. The summed E-state index contributed by atoms with van der Waals surface area (Å²) in [6.07, 6.45) is 2.29. The lowest BCUT2D eigenvalue weighted by molar-refractivity contribution is 0.0702. The van der Waals surface area contributed by atoms with E-state index in [1.807, 2.05) is 0 Å². The third-order valence-corrected chi connectivity index (χ3v) is 1.82. The van der Waals surface area contributed by atoms with E-state index in [1.165, 1.54) is 6.20 Å². The summed E-state index contributed by atoms with van der Waals surface area (Å²) in [5.41, 5.74) is 0. The summed E-state index contributed by atoms with van der Waals surface area (Å²) in [6, 6.07) is 0. The predicted molar refractivity (Wildman–Crippen MR) is 38.5 cm³/mol. The fourth-order valence-corrected chi connectivity index (χ4v) is 1.12. The standard InChI is InChI=1S/C5H4N2O3S/c8-5(9)3-1-6-4(11-3)2-7-10/h1-2,10H,(H,8,9). The first-order valence-corrected chi connectivity index (χ1v) is 3.42. The molecule has 58 valence electrons. The molecule has 11 heavy (non-hydrogen) atoms. The van der Waals surface area contributed by atoms with Crippen LogP contribution in [-0.2, 0) is 0 Å². The second-order valence-corrected chi connectivity index (χ2v) is 2.67. The van der Waals surface area contributed by atoms with Crippen molar-refractivity contribution in [1.82, 2.24) is 4.98 Å². The Morgan fingerprint density at radius 2 is 2.55 bits per heavy atom. The van der Waals surface area contributed by atoms with Crippen molar-refractivity contribution in [3.05, 3.63) is 16.1 Å². The fraction of sp³-hybridized carbons (Fsp3) is 0. The largest absolute Gasteiger partial charge is 0.477 e. The molecular weight excluding hydrogens is 168 g/mol. The minimum absolute atomic E-state index is 0.125. The maximum atomic E-state index is 10.3. The zero-order chi connectivity index (χ0) is 8.27. The van der Waals surface area contributed by atoms with E-state index in [4.69, 9.17) is 10.3 Å². The molecule has 1 aromatic heterocycles. The summed E-state index contributed by atoms with van der Waals surface area (Å²) < 4.78 is 0. The monoisotopic (exact) mass is 172 g/mol. The molecule has 0 atom stereocenters.